The van der Waals surface area contributed by atoms with Gasteiger partial charge in [-0.1, -0.05) is 11.6 Å². The van der Waals surface area contributed by atoms with Gasteiger partial charge in [-0.05, 0) is 25.2 Å². The van der Waals surface area contributed by atoms with Crippen LogP contribution in [0.2, 0.25) is 5.02 Å². The highest BCUT2D eigenvalue weighted by atomic mass is 35.5. The molecule has 1 aliphatic heterocycles. The number of fused-ring (bicyclic) bond motifs is 1. The quantitative estimate of drug-likeness (QED) is 0.920. The summed E-state index contributed by atoms with van der Waals surface area (Å²) in [7, 11) is 2.13. The fourth-order valence-corrected chi connectivity index (χ4v) is 2.89. The number of likely N-dealkylation sites (N-methyl/N-ethyl adjacent to an activating group) is 1. The van der Waals surface area contributed by atoms with E-state index in [4.69, 9.17) is 11.6 Å². The van der Waals surface area contributed by atoms with Crippen LogP contribution in [-0.4, -0.2) is 53.1 Å². The number of phenolic OH excluding ortho intramolecular Hbond substituents is 1. The molecule has 21 heavy (non-hydrogen) atoms. The average Bonchev–Trinajstić information content (AvgIpc) is 2.47. The lowest BCUT2D eigenvalue weighted by Crippen LogP contribution is -2.43. The van der Waals surface area contributed by atoms with Crippen molar-refractivity contribution in [3.63, 3.8) is 0 Å². The Hall–Kier alpha value is -1.07. The first-order valence-corrected chi connectivity index (χ1v) is 7.19. The number of halogens is 2. The molecule has 1 aromatic carbocycles. The van der Waals surface area contributed by atoms with Gasteiger partial charge in [0.25, 0.3) is 0 Å². The molecule has 0 amide bonds. The van der Waals surface area contributed by atoms with Gasteiger partial charge in [0.1, 0.15) is 11.3 Å². The van der Waals surface area contributed by atoms with Gasteiger partial charge in [-0.3, -0.25) is 9.88 Å². The molecule has 0 aliphatic carbocycles. The minimum atomic E-state index is 0. The fourth-order valence-electron chi connectivity index (χ4n) is 2.61. The molecule has 2 heterocycles. The van der Waals surface area contributed by atoms with E-state index in [0.29, 0.717) is 17.1 Å². The van der Waals surface area contributed by atoms with E-state index in [9.17, 15) is 5.11 Å². The summed E-state index contributed by atoms with van der Waals surface area (Å²) in [5.74, 6) is 0.254. The van der Waals surface area contributed by atoms with E-state index >= 15 is 0 Å². The molecule has 0 spiro atoms. The van der Waals surface area contributed by atoms with Gasteiger partial charge >= 0.3 is 0 Å². The second kappa shape index (κ2) is 6.79. The Morgan fingerprint density at radius 3 is 2.71 bits per heavy atom. The average molecular weight is 328 g/mol. The summed E-state index contributed by atoms with van der Waals surface area (Å²) in [6, 6.07) is 5.57. The smallest absolute Gasteiger partial charge is 0.146 e. The van der Waals surface area contributed by atoms with Gasteiger partial charge < -0.3 is 10.0 Å². The standard InChI is InChI=1S/C15H18ClN3O.ClH/c1-18-5-7-19(8-6-18)10-11-9-13(16)12-3-2-4-17-14(12)15(11)20;/h2-4,9,20H,5-8,10H2,1H3;1H. The van der Waals surface area contributed by atoms with Crippen LogP contribution in [0.1, 0.15) is 5.56 Å². The maximum absolute atomic E-state index is 10.4. The third kappa shape index (κ3) is 3.40. The Morgan fingerprint density at radius 1 is 1.29 bits per heavy atom. The summed E-state index contributed by atoms with van der Waals surface area (Å²) >= 11 is 6.30. The minimum Gasteiger partial charge on any atom is -0.505 e. The van der Waals surface area contributed by atoms with Gasteiger partial charge in [0.2, 0.25) is 0 Å². The first kappa shape index (κ1) is 16.3. The molecular formula is C15H19Cl2N3O. The molecule has 0 radical (unpaired) electrons. The van der Waals surface area contributed by atoms with Crippen LogP contribution in [0.4, 0.5) is 0 Å². The van der Waals surface area contributed by atoms with Gasteiger partial charge in [-0.15, -0.1) is 12.4 Å². The number of hydrogen-bond donors (Lipinski definition) is 1. The molecule has 0 unspecified atom stereocenters. The molecule has 1 aromatic heterocycles. The van der Waals surface area contributed by atoms with E-state index in [1.165, 1.54) is 0 Å². The van der Waals surface area contributed by atoms with Crippen LogP contribution in [0.25, 0.3) is 10.9 Å². The van der Waals surface area contributed by atoms with Crippen LogP contribution in [-0.2, 0) is 6.54 Å². The number of phenols is 1. The zero-order chi connectivity index (χ0) is 14.1. The third-order valence-corrected chi connectivity index (χ3v) is 4.20. The van der Waals surface area contributed by atoms with Crippen molar-refractivity contribution in [3.8, 4) is 5.75 Å². The maximum Gasteiger partial charge on any atom is 0.146 e. The van der Waals surface area contributed by atoms with Gasteiger partial charge in [-0.2, -0.15) is 0 Å². The molecule has 0 atom stereocenters. The van der Waals surface area contributed by atoms with E-state index in [1.807, 2.05) is 18.2 Å². The predicted molar refractivity (Wildman–Crippen MR) is 88.4 cm³/mol. The van der Waals surface area contributed by atoms with Crippen LogP contribution in [0.5, 0.6) is 5.75 Å². The van der Waals surface area contributed by atoms with Crippen LogP contribution in [0.15, 0.2) is 24.4 Å². The van der Waals surface area contributed by atoms with Gasteiger partial charge in [0.05, 0.1) is 5.02 Å². The lowest BCUT2D eigenvalue weighted by molar-refractivity contribution is 0.147. The van der Waals surface area contributed by atoms with Crippen LogP contribution in [0, 0.1) is 0 Å². The number of nitrogens with zero attached hydrogens (tertiary/aromatic N) is 3. The molecule has 1 fully saturated rings. The molecule has 3 rings (SSSR count). The fraction of sp³-hybridized carbons (Fsp3) is 0.400. The second-order valence-electron chi connectivity index (χ2n) is 5.35. The largest absolute Gasteiger partial charge is 0.505 e. The predicted octanol–water partition coefficient (Wildman–Crippen LogP) is 2.76. The van der Waals surface area contributed by atoms with Crippen molar-refractivity contribution in [2.75, 3.05) is 33.2 Å². The third-order valence-electron chi connectivity index (χ3n) is 3.88. The molecule has 114 valence electrons. The number of rotatable bonds is 2. The highest BCUT2D eigenvalue weighted by molar-refractivity contribution is 6.35. The van der Waals surface area contributed by atoms with E-state index in [1.54, 1.807) is 6.20 Å². The van der Waals surface area contributed by atoms with Crippen molar-refractivity contribution in [1.82, 2.24) is 14.8 Å². The van der Waals surface area contributed by atoms with Crippen molar-refractivity contribution in [2.24, 2.45) is 0 Å². The lowest BCUT2D eigenvalue weighted by atomic mass is 10.1. The Bertz CT molecular complexity index is 628. The number of benzene rings is 1. The summed E-state index contributed by atoms with van der Waals surface area (Å²) in [5.41, 5.74) is 1.44. The monoisotopic (exact) mass is 327 g/mol. The molecule has 1 aliphatic rings. The molecule has 2 aromatic rings. The summed E-state index contributed by atoms with van der Waals surface area (Å²) in [4.78, 5) is 8.89. The number of aromatic hydroxyl groups is 1. The Morgan fingerprint density at radius 2 is 2.00 bits per heavy atom. The molecule has 0 bridgehead atoms. The highest BCUT2D eigenvalue weighted by Gasteiger charge is 2.17. The van der Waals surface area contributed by atoms with Crippen molar-refractivity contribution in [3.05, 3.63) is 35.0 Å². The van der Waals surface area contributed by atoms with E-state index < -0.39 is 0 Å². The minimum absolute atomic E-state index is 0. The normalized spacial score (nSPS) is 16.9. The Kier molecular flexibility index (Phi) is 5.27. The number of piperazine rings is 1. The maximum atomic E-state index is 10.4. The van der Waals surface area contributed by atoms with Gasteiger partial charge in [-0.25, -0.2) is 0 Å². The van der Waals surface area contributed by atoms with Crippen molar-refractivity contribution < 1.29 is 5.11 Å². The number of hydrogen-bond acceptors (Lipinski definition) is 4. The van der Waals surface area contributed by atoms with Crippen molar-refractivity contribution in [1.29, 1.82) is 0 Å². The summed E-state index contributed by atoms with van der Waals surface area (Å²) in [6.07, 6.45) is 1.68. The Balaban J connectivity index is 0.00000161. The first-order chi connectivity index (χ1) is 9.65. The summed E-state index contributed by atoms with van der Waals surface area (Å²) in [6.45, 7) is 4.84. The highest BCUT2D eigenvalue weighted by Crippen LogP contribution is 2.33. The van der Waals surface area contributed by atoms with Crippen molar-refractivity contribution >= 4 is 34.9 Å². The van der Waals surface area contributed by atoms with Gasteiger partial charge in [0, 0.05) is 49.9 Å². The Labute approximate surface area is 135 Å². The number of pyridine rings is 1. The van der Waals surface area contributed by atoms with E-state index in [2.05, 4.69) is 21.8 Å². The van der Waals surface area contributed by atoms with Crippen LogP contribution >= 0.6 is 24.0 Å². The zero-order valence-electron chi connectivity index (χ0n) is 11.9. The molecule has 1 saturated heterocycles. The molecule has 1 N–H and O–H groups in total. The topological polar surface area (TPSA) is 39.6 Å². The molecule has 6 heteroatoms. The molecular weight excluding hydrogens is 309 g/mol. The first-order valence-electron chi connectivity index (χ1n) is 6.81. The zero-order valence-corrected chi connectivity index (χ0v) is 13.5. The summed E-state index contributed by atoms with van der Waals surface area (Å²) < 4.78 is 0. The lowest BCUT2D eigenvalue weighted by Gasteiger charge is -2.32. The second-order valence-corrected chi connectivity index (χ2v) is 5.75. The van der Waals surface area contributed by atoms with Crippen LogP contribution in [0.3, 0.4) is 0 Å². The van der Waals surface area contributed by atoms with Crippen LogP contribution < -0.4 is 0 Å². The van der Waals surface area contributed by atoms with Crippen molar-refractivity contribution in [2.45, 2.75) is 6.54 Å². The number of aromatic nitrogens is 1. The molecule has 4 nitrogen and oxygen atoms in total. The van der Waals surface area contributed by atoms with E-state index in [0.717, 1.165) is 37.1 Å². The van der Waals surface area contributed by atoms with E-state index in [-0.39, 0.29) is 18.2 Å². The molecule has 0 saturated carbocycles. The SMILES string of the molecule is CN1CCN(Cc2cc(Cl)c3cccnc3c2O)CC1.Cl. The van der Waals surface area contributed by atoms with Gasteiger partial charge in [0.15, 0.2) is 0 Å². The summed E-state index contributed by atoms with van der Waals surface area (Å²) in [5, 5.41) is 11.8.